The molecule has 0 bridgehead atoms. The largest absolute Gasteiger partial charge is 0.496 e. The van der Waals surface area contributed by atoms with Crippen LogP contribution in [0.2, 0.25) is 0 Å². The first kappa shape index (κ1) is 14.0. The summed E-state index contributed by atoms with van der Waals surface area (Å²) in [5.41, 5.74) is 2.01. The lowest BCUT2D eigenvalue weighted by molar-refractivity contribution is 0.203. The summed E-state index contributed by atoms with van der Waals surface area (Å²) in [5.74, 6) is 2.16. The van der Waals surface area contributed by atoms with Crippen molar-refractivity contribution in [3.63, 3.8) is 0 Å². The Kier molecular flexibility index (Phi) is 4.17. The van der Waals surface area contributed by atoms with E-state index in [9.17, 15) is 0 Å². The molecule has 0 radical (unpaired) electrons. The predicted molar refractivity (Wildman–Crippen MR) is 79.2 cm³/mol. The van der Waals surface area contributed by atoms with Gasteiger partial charge in [0.2, 0.25) is 11.7 Å². The van der Waals surface area contributed by atoms with E-state index in [0.717, 1.165) is 43.1 Å². The van der Waals surface area contributed by atoms with Gasteiger partial charge in [0, 0.05) is 31.7 Å². The van der Waals surface area contributed by atoms with Crippen LogP contribution >= 0.6 is 0 Å². The molecular formula is C15H20N4O2. The number of aryl methyl sites for hydroxylation is 1. The van der Waals surface area contributed by atoms with Crippen LogP contribution < -0.4 is 10.1 Å². The lowest BCUT2D eigenvalue weighted by Crippen LogP contribution is -2.42. The molecule has 0 spiro atoms. The van der Waals surface area contributed by atoms with E-state index in [4.69, 9.17) is 9.26 Å². The van der Waals surface area contributed by atoms with E-state index in [-0.39, 0.29) is 0 Å². The minimum absolute atomic E-state index is 0.630. The van der Waals surface area contributed by atoms with Crippen molar-refractivity contribution >= 4 is 0 Å². The number of benzene rings is 1. The molecule has 1 N–H and O–H groups in total. The van der Waals surface area contributed by atoms with Crippen molar-refractivity contribution in [1.29, 1.82) is 0 Å². The smallest absolute Gasteiger partial charge is 0.241 e. The Morgan fingerprint density at radius 2 is 2.14 bits per heavy atom. The number of ether oxygens (including phenoxy) is 1. The zero-order valence-corrected chi connectivity index (χ0v) is 12.4. The van der Waals surface area contributed by atoms with Crippen molar-refractivity contribution in [2.75, 3.05) is 33.3 Å². The maximum absolute atomic E-state index is 5.36. The number of nitrogens with zero attached hydrogens (tertiary/aromatic N) is 3. The second-order valence-corrected chi connectivity index (χ2v) is 5.22. The van der Waals surface area contributed by atoms with Crippen LogP contribution in [0.4, 0.5) is 0 Å². The van der Waals surface area contributed by atoms with Crippen LogP contribution in [-0.2, 0) is 6.54 Å². The Labute approximate surface area is 124 Å². The van der Waals surface area contributed by atoms with Crippen molar-refractivity contribution in [1.82, 2.24) is 20.4 Å². The van der Waals surface area contributed by atoms with Gasteiger partial charge in [0.15, 0.2) is 0 Å². The molecule has 1 fully saturated rings. The first-order valence-corrected chi connectivity index (χ1v) is 7.17. The Hall–Kier alpha value is -1.92. The topological polar surface area (TPSA) is 63.4 Å². The van der Waals surface area contributed by atoms with Crippen LogP contribution in [0.3, 0.4) is 0 Å². The van der Waals surface area contributed by atoms with Gasteiger partial charge in [0.05, 0.1) is 13.7 Å². The van der Waals surface area contributed by atoms with Gasteiger partial charge >= 0.3 is 0 Å². The fourth-order valence-corrected chi connectivity index (χ4v) is 2.51. The van der Waals surface area contributed by atoms with Gasteiger partial charge < -0.3 is 14.6 Å². The summed E-state index contributed by atoms with van der Waals surface area (Å²) in [7, 11) is 1.67. The fourth-order valence-electron chi connectivity index (χ4n) is 2.51. The van der Waals surface area contributed by atoms with Crippen LogP contribution in [0, 0.1) is 6.92 Å². The summed E-state index contributed by atoms with van der Waals surface area (Å²) in [4.78, 5) is 6.80. The molecule has 2 heterocycles. The minimum Gasteiger partial charge on any atom is -0.496 e. The maximum atomic E-state index is 5.36. The molecular weight excluding hydrogens is 268 g/mol. The fraction of sp³-hybridized carbons (Fsp3) is 0.467. The van der Waals surface area contributed by atoms with E-state index in [1.165, 1.54) is 0 Å². The molecule has 1 aliphatic rings. The molecule has 1 aliphatic heterocycles. The van der Waals surface area contributed by atoms with Gasteiger partial charge in [-0.15, -0.1) is 0 Å². The normalized spacial score (nSPS) is 16.1. The number of aromatic nitrogens is 2. The molecule has 6 nitrogen and oxygen atoms in total. The van der Waals surface area contributed by atoms with Crippen molar-refractivity contribution < 1.29 is 9.26 Å². The Balaban J connectivity index is 1.73. The number of rotatable bonds is 4. The highest BCUT2D eigenvalue weighted by Gasteiger charge is 2.15. The summed E-state index contributed by atoms with van der Waals surface area (Å²) in [5, 5.41) is 7.41. The Morgan fingerprint density at radius 1 is 1.33 bits per heavy atom. The van der Waals surface area contributed by atoms with E-state index in [2.05, 4.69) is 20.4 Å². The number of hydrogen-bond donors (Lipinski definition) is 1. The maximum Gasteiger partial charge on any atom is 0.241 e. The lowest BCUT2D eigenvalue weighted by Gasteiger charge is -2.25. The monoisotopic (exact) mass is 288 g/mol. The zero-order chi connectivity index (χ0) is 14.7. The van der Waals surface area contributed by atoms with Crippen molar-refractivity contribution in [2.45, 2.75) is 13.5 Å². The average Bonchev–Trinajstić information content (AvgIpc) is 2.97. The molecule has 1 saturated heterocycles. The van der Waals surface area contributed by atoms with E-state index < -0.39 is 0 Å². The molecule has 2 aromatic rings. The lowest BCUT2D eigenvalue weighted by atomic mass is 10.1. The van der Waals surface area contributed by atoms with Gasteiger partial charge in [-0.3, -0.25) is 4.90 Å². The molecule has 0 atom stereocenters. The molecule has 0 aliphatic carbocycles. The molecule has 6 heteroatoms. The highest BCUT2D eigenvalue weighted by atomic mass is 16.5. The molecule has 0 amide bonds. The van der Waals surface area contributed by atoms with Crippen molar-refractivity contribution in [3.8, 4) is 17.1 Å². The standard InChI is InChI=1S/C15H20N4O2/c1-11-9-12(3-4-13(11)20-2)15-17-14(21-18-15)10-19-7-5-16-6-8-19/h3-4,9,16H,5-8,10H2,1-2H3. The van der Waals surface area contributed by atoms with Crippen LogP contribution in [0.25, 0.3) is 11.4 Å². The average molecular weight is 288 g/mol. The minimum atomic E-state index is 0.630. The van der Waals surface area contributed by atoms with Gasteiger partial charge in [-0.05, 0) is 30.7 Å². The predicted octanol–water partition coefficient (Wildman–Crippen LogP) is 1.46. The van der Waals surface area contributed by atoms with E-state index in [0.29, 0.717) is 18.3 Å². The highest BCUT2D eigenvalue weighted by Crippen LogP contribution is 2.24. The summed E-state index contributed by atoms with van der Waals surface area (Å²) in [6.07, 6.45) is 0. The van der Waals surface area contributed by atoms with Crippen molar-refractivity contribution in [3.05, 3.63) is 29.7 Å². The highest BCUT2D eigenvalue weighted by molar-refractivity contribution is 5.58. The number of piperazine rings is 1. The Morgan fingerprint density at radius 3 is 2.86 bits per heavy atom. The van der Waals surface area contributed by atoms with E-state index in [1.54, 1.807) is 7.11 Å². The second kappa shape index (κ2) is 6.24. The molecule has 112 valence electrons. The third kappa shape index (κ3) is 3.22. The van der Waals surface area contributed by atoms with Crippen LogP contribution in [-0.4, -0.2) is 48.3 Å². The third-order valence-electron chi connectivity index (χ3n) is 3.69. The van der Waals surface area contributed by atoms with Gasteiger partial charge in [0.1, 0.15) is 5.75 Å². The first-order valence-electron chi connectivity index (χ1n) is 7.17. The van der Waals surface area contributed by atoms with E-state index >= 15 is 0 Å². The summed E-state index contributed by atoms with van der Waals surface area (Å²) >= 11 is 0. The van der Waals surface area contributed by atoms with Gasteiger partial charge in [-0.2, -0.15) is 4.98 Å². The second-order valence-electron chi connectivity index (χ2n) is 5.22. The Bertz CT molecular complexity index is 605. The molecule has 0 unspecified atom stereocenters. The molecule has 3 rings (SSSR count). The molecule has 1 aromatic heterocycles. The quantitative estimate of drug-likeness (QED) is 0.919. The number of methoxy groups -OCH3 is 1. The van der Waals surface area contributed by atoms with Crippen LogP contribution in [0.15, 0.2) is 22.7 Å². The molecule has 1 aromatic carbocycles. The van der Waals surface area contributed by atoms with Gasteiger partial charge in [0.25, 0.3) is 0 Å². The van der Waals surface area contributed by atoms with Gasteiger partial charge in [-0.25, -0.2) is 0 Å². The zero-order valence-electron chi connectivity index (χ0n) is 12.4. The van der Waals surface area contributed by atoms with Gasteiger partial charge in [-0.1, -0.05) is 5.16 Å². The first-order chi connectivity index (χ1) is 10.3. The third-order valence-corrected chi connectivity index (χ3v) is 3.69. The summed E-state index contributed by atoms with van der Waals surface area (Å²) < 4.78 is 10.6. The summed E-state index contributed by atoms with van der Waals surface area (Å²) in [6, 6.07) is 5.89. The van der Waals surface area contributed by atoms with E-state index in [1.807, 2.05) is 25.1 Å². The SMILES string of the molecule is COc1ccc(-c2noc(CN3CCNCC3)n2)cc1C. The number of hydrogen-bond acceptors (Lipinski definition) is 6. The van der Waals surface area contributed by atoms with Crippen molar-refractivity contribution in [2.24, 2.45) is 0 Å². The number of nitrogens with one attached hydrogen (secondary N) is 1. The van der Waals surface area contributed by atoms with Crippen LogP contribution in [0.5, 0.6) is 5.75 Å². The summed E-state index contributed by atoms with van der Waals surface area (Å²) in [6.45, 7) is 6.77. The molecule has 21 heavy (non-hydrogen) atoms. The molecule has 0 saturated carbocycles. The van der Waals surface area contributed by atoms with Crippen LogP contribution in [0.1, 0.15) is 11.5 Å².